The largest absolute Gasteiger partial charge is 0.465 e. The molecule has 2 aromatic heterocycles. The van der Waals surface area contributed by atoms with Gasteiger partial charge in [-0.3, -0.25) is 0 Å². The molecule has 0 radical (unpaired) electrons. The van der Waals surface area contributed by atoms with Crippen LogP contribution in [0.3, 0.4) is 0 Å². The summed E-state index contributed by atoms with van der Waals surface area (Å²) in [7, 11) is 1.36. The van der Waals surface area contributed by atoms with Crippen LogP contribution in [-0.4, -0.2) is 49.4 Å². The van der Waals surface area contributed by atoms with Crippen molar-refractivity contribution in [3.63, 3.8) is 0 Å². The monoisotopic (exact) mass is 359 g/mol. The standard InChI is InChI=1S/C17H17N3O4S/c1-10-9-18-15(25-10)12-7-11(16(21)22-2)8-13-14(12)19-17(24-13)20-3-5-23-6-4-20/h7-9H,3-6H2,1-2H3. The normalized spacial score (nSPS) is 14.9. The van der Waals surface area contributed by atoms with E-state index in [0.29, 0.717) is 35.9 Å². The zero-order chi connectivity index (χ0) is 17.4. The van der Waals surface area contributed by atoms with E-state index in [0.717, 1.165) is 28.5 Å². The average molecular weight is 359 g/mol. The van der Waals surface area contributed by atoms with Crippen molar-refractivity contribution in [3.8, 4) is 10.6 Å². The molecular weight excluding hydrogens is 342 g/mol. The lowest BCUT2D eigenvalue weighted by Crippen LogP contribution is -2.36. The third kappa shape index (κ3) is 2.98. The third-order valence-corrected chi connectivity index (χ3v) is 4.98. The molecule has 0 atom stereocenters. The van der Waals surface area contributed by atoms with Crippen molar-refractivity contribution in [3.05, 3.63) is 28.8 Å². The van der Waals surface area contributed by atoms with Gasteiger partial charge >= 0.3 is 5.97 Å². The number of aryl methyl sites for hydroxylation is 1. The second kappa shape index (κ2) is 6.45. The predicted molar refractivity (Wildman–Crippen MR) is 94.2 cm³/mol. The van der Waals surface area contributed by atoms with E-state index in [1.54, 1.807) is 29.7 Å². The molecule has 1 aliphatic heterocycles. The number of carbonyl (C=O) groups excluding carboxylic acids is 1. The highest BCUT2D eigenvalue weighted by molar-refractivity contribution is 7.15. The van der Waals surface area contributed by atoms with Crippen molar-refractivity contribution in [2.24, 2.45) is 0 Å². The van der Waals surface area contributed by atoms with E-state index in [1.807, 2.05) is 11.8 Å². The number of carbonyl (C=O) groups is 1. The molecule has 130 valence electrons. The first kappa shape index (κ1) is 16.0. The fourth-order valence-electron chi connectivity index (χ4n) is 2.79. The minimum absolute atomic E-state index is 0.416. The number of fused-ring (bicyclic) bond motifs is 1. The SMILES string of the molecule is COC(=O)c1cc(-c2ncc(C)s2)c2nc(N3CCOCC3)oc2c1. The average Bonchev–Trinajstić information content (AvgIpc) is 3.27. The summed E-state index contributed by atoms with van der Waals surface area (Å²) in [5.74, 6) is -0.416. The van der Waals surface area contributed by atoms with Gasteiger partial charge in [-0.15, -0.1) is 11.3 Å². The predicted octanol–water partition coefficient (Wildman–Crippen LogP) is 2.88. The number of thiazole rings is 1. The lowest BCUT2D eigenvalue weighted by Gasteiger charge is -2.24. The Labute approximate surface area is 148 Å². The first-order chi connectivity index (χ1) is 12.2. The van der Waals surface area contributed by atoms with E-state index in [1.165, 1.54) is 7.11 Å². The van der Waals surface area contributed by atoms with Crippen LogP contribution in [0.2, 0.25) is 0 Å². The fraction of sp³-hybridized carbons (Fsp3) is 0.353. The number of rotatable bonds is 3. The van der Waals surface area contributed by atoms with Crippen molar-refractivity contribution < 1.29 is 18.7 Å². The molecule has 1 aliphatic rings. The van der Waals surface area contributed by atoms with Crippen molar-refractivity contribution >= 4 is 34.4 Å². The lowest BCUT2D eigenvalue weighted by atomic mass is 10.1. The van der Waals surface area contributed by atoms with Gasteiger partial charge in [0.2, 0.25) is 0 Å². The first-order valence-corrected chi connectivity index (χ1v) is 8.76. The van der Waals surface area contributed by atoms with E-state index >= 15 is 0 Å². The van der Waals surface area contributed by atoms with Gasteiger partial charge < -0.3 is 18.8 Å². The molecule has 1 aromatic carbocycles. The van der Waals surface area contributed by atoms with E-state index in [2.05, 4.69) is 9.97 Å². The maximum Gasteiger partial charge on any atom is 0.338 e. The maximum absolute atomic E-state index is 12.0. The number of aromatic nitrogens is 2. The minimum atomic E-state index is -0.416. The molecule has 0 amide bonds. The molecule has 0 aliphatic carbocycles. The Kier molecular flexibility index (Phi) is 4.14. The second-order valence-corrected chi connectivity index (χ2v) is 6.97. The number of methoxy groups -OCH3 is 1. The highest BCUT2D eigenvalue weighted by atomic mass is 32.1. The summed E-state index contributed by atoms with van der Waals surface area (Å²) < 4.78 is 16.2. The van der Waals surface area contributed by atoms with Crippen LogP contribution in [0, 0.1) is 6.92 Å². The summed E-state index contributed by atoms with van der Waals surface area (Å²) in [5, 5.41) is 0.801. The molecule has 3 heterocycles. The molecule has 25 heavy (non-hydrogen) atoms. The number of hydrogen-bond acceptors (Lipinski definition) is 8. The molecule has 1 saturated heterocycles. The summed E-state index contributed by atoms with van der Waals surface area (Å²) in [6, 6.07) is 3.97. The molecule has 0 saturated carbocycles. The van der Waals surface area contributed by atoms with Crippen LogP contribution < -0.4 is 4.90 Å². The zero-order valence-electron chi connectivity index (χ0n) is 13.9. The molecule has 0 unspecified atom stereocenters. The highest BCUT2D eigenvalue weighted by Crippen LogP contribution is 2.35. The fourth-order valence-corrected chi connectivity index (χ4v) is 3.57. The van der Waals surface area contributed by atoms with Gasteiger partial charge in [-0.25, -0.2) is 9.78 Å². The lowest BCUT2D eigenvalue weighted by molar-refractivity contribution is 0.0601. The van der Waals surface area contributed by atoms with E-state index < -0.39 is 5.97 Å². The van der Waals surface area contributed by atoms with Crippen molar-refractivity contribution in [2.45, 2.75) is 6.92 Å². The third-order valence-electron chi connectivity index (χ3n) is 4.04. The number of esters is 1. The Bertz CT molecular complexity index is 927. The topological polar surface area (TPSA) is 77.7 Å². The molecule has 0 bridgehead atoms. The number of ether oxygens (including phenoxy) is 2. The number of benzene rings is 1. The van der Waals surface area contributed by atoms with Gasteiger partial charge in [-0.1, -0.05) is 0 Å². The van der Waals surface area contributed by atoms with Crippen molar-refractivity contribution in [1.82, 2.24) is 9.97 Å². The highest BCUT2D eigenvalue weighted by Gasteiger charge is 2.22. The van der Waals surface area contributed by atoms with Gasteiger partial charge in [0, 0.05) is 29.7 Å². The smallest absolute Gasteiger partial charge is 0.338 e. The van der Waals surface area contributed by atoms with Crippen LogP contribution in [0.15, 0.2) is 22.7 Å². The van der Waals surface area contributed by atoms with Crippen LogP contribution in [0.25, 0.3) is 21.7 Å². The molecule has 0 N–H and O–H groups in total. The molecule has 3 aromatic rings. The van der Waals surface area contributed by atoms with Gasteiger partial charge in [-0.05, 0) is 19.1 Å². The zero-order valence-corrected chi connectivity index (χ0v) is 14.8. The quantitative estimate of drug-likeness (QED) is 0.665. The molecule has 7 nitrogen and oxygen atoms in total. The first-order valence-electron chi connectivity index (χ1n) is 7.94. The van der Waals surface area contributed by atoms with Crippen LogP contribution in [0.4, 0.5) is 6.01 Å². The Hall–Kier alpha value is -2.45. The number of nitrogens with zero attached hydrogens (tertiary/aromatic N) is 3. The summed E-state index contributed by atoms with van der Waals surface area (Å²) in [6.07, 6.45) is 1.81. The number of anilines is 1. The molecule has 0 spiro atoms. The number of morpholine rings is 1. The van der Waals surface area contributed by atoms with Crippen LogP contribution in [0.5, 0.6) is 0 Å². The van der Waals surface area contributed by atoms with Gasteiger partial charge in [0.1, 0.15) is 10.5 Å². The summed E-state index contributed by atoms with van der Waals surface area (Å²) in [4.78, 5) is 24.3. The van der Waals surface area contributed by atoms with Gasteiger partial charge in [0.25, 0.3) is 6.01 Å². The molecule has 4 rings (SSSR count). The maximum atomic E-state index is 12.0. The van der Waals surface area contributed by atoms with Gasteiger partial charge in [0.05, 0.1) is 25.9 Å². The Morgan fingerprint density at radius 2 is 2.12 bits per heavy atom. The van der Waals surface area contributed by atoms with E-state index in [4.69, 9.17) is 13.9 Å². The minimum Gasteiger partial charge on any atom is -0.465 e. The van der Waals surface area contributed by atoms with Crippen LogP contribution in [0.1, 0.15) is 15.2 Å². The number of hydrogen-bond donors (Lipinski definition) is 0. The van der Waals surface area contributed by atoms with Gasteiger partial charge in [-0.2, -0.15) is 4.98 Å². The van der Waals surface area contributed by atoms with Crippen LogP contribution in [-0.2, 0) is 9.47 Å². The summed E-state index contributed by atoms with van der Waals surface area (Å²) >= 11 is 1.55. The van der Waals surface area contributed by atoms with E-state index in [-0.39, 0.29) is 0 Å². The Morgan fingerprint density at radius 1 is 1.32 bits per heavy atom. The Balaban J connectivity index is 1.87. The van der Waals surface area contributed by atoms with Gasteiger partial charge in [0.15, 0.2) is 5.58 Å². The molecule has 1 fully saturated rings. The summed E-state index contributed by atoms with van der Waals surface area (Å²) in [6.45, 7) is 4.73. The summed E-state index contributed by atoms with van der Waals surface area (Å²) in [5.41, 5.74) is 2.44. The molecule has 8 heteroatoms. The van der Waals surface area contributed by atoms with Crippen molar-refractivity contribution in [1.29, 1.82) is 0 Å². The second-order valence-electron chi connectivity index (χ2n) is 5.73. The van der Waals surface area contributed by atoms with E-state index in [9.17, 15) is 4.79 Å². The van der Waals surface area contributed by atoms with Crippen molar-refractivity contribution in [2.75, 3.05) is 38.3 Å². The van der Waals surface area contributed by atoms with Crippen LogP contribution >= 0.6 is 11.3 Å². The Morgan fingerprint density at radius 3 is 2.80 bits per heavy atom. The number of oxazole rings is 1. The molecular formula is C17H17N3O4S.